The van der Waals surface area contributed by atoms with Crippen LogP contribution in [0.3, 0.4) is 0 Å². The number of H-pyrrole nitrogens is 2. The number of anilines is 3. The maximum absolute atomic E-state index is 12.9. The molecule has 0 atom stereocenters. The van der Waals surface area contributed by atoms with Crippen LogP contribution in [0.25, 0.3) is 22.1 Å². The summed E-state index contributed by atoms with van der Waals surface area (Å²) in [7, 11) is -3.59. The van der Waals surface area contributed by atoms with E-state index in [4.69, 9.17) is 0 Å². The third kappa shape index (κ3) is 3.73. The fourth-order valence-corrected chi connectivity index (χ4v) is 3.87. The molecule has 3 heterocycles. The molecular formula is C17H15F3N8O2S. The molecule has 0 bridgehead atoms. The fourth-order valence-electron chi connectivity index (χ4n) is 3.10. The van der Waals surface area contributed by atoms with Crippen LogP contribution in [0.2, 0.25) is 0 Å². The molecule has 1 fully saturated rings. The summed E-state index contributed by atoms with van der Waals surface area (Å²) in [5.74, 6) is -0.665. The summed E-state index contributed by atoms with van der Waals surface area (Å²) in [6.07, 6.45) is -1.67. The molecule has 0 saturated heterocycles. The summed E-state index contributed by atoms with van der Waals surface area (Å²) in [5, 5.41) is 12.7. The predicted molar refractivity (Wildman–Crippen MR) is 106 cm³/mol. The Morgan fingerprint density at radius 2 is 1.94 bits per heavy atom. The molecule has 1 saturated carbocycles. The topological polar surface area (TPSA) is 141 Å². The van der Waals surface area contributed by atoms with Crippen molar-refractivity contribution in [2.75, 3.05) is 16.9 Å². The average molecular weight is 452 g/mol. The Labute approximate surface area is 172 Å². The van der Waals surface area contributed by atoms with Crippen molar-refractivity contribution < 1.29 is 21.6 Å². The second-order valence-corrected chi connectivity index (χ2v) is 9.23. The molecule has 1 aromatic carbocycles. The number of nitrogens with one attached hydrogen (secondary N) is 4. The predicted octanol–water partition coefficient (Wildman–Crippen LogP) is 2.97. The summed E-state index contributed by atoms with van der Waals surface area (Å²) in [6, 6.07) is 4.60. The van der Waals surface area contributed by atoms with Crippen molar-refractivity contribution in [1.82, 2.24) is 30.1 Å². The summed E-state index contributed by atoms with van der Waals surface area (Å²) in [4.78, 5) is 14.4. The second kappa shape index (κ2) is 6.54. The number of aromatic nitrogens is 6. The summed E-state index contributed by atoms with van der Waals surface area (Å²) >= 11 is 0. The molecule has 0 aliphatic heterocycles. The largest absolute Gasteiger partial charge is 0.449 e. The average Bonchev–Trinajstić information content (AvgIpc) is 3.19. The van der Waals surface area contributed by atoms with Gasteiger partial charge in [-0.1, -0.05) is 0 Å². The van der Waals surface area contributed by atoms with Gasteiger partial charge in [0.15, 0.2) is 20.5 Å². The van der Waals surface area contributed by atoms with Gasteiger partial charge in [0.25, 0.3) is 0 Å². The molecule has 0 amide bonds. The van der Waals surface area contributed by atoms with Gasteiger partial charge in [-0.2, -0.15) is 28.2 Å². The van der Waals surface area contributed by atoms with Crippen molar-refractivity contribution in [3.63, 3.8) is 0 Å². The van der Waals surface area contributed by atoms with Crippen molar-refractivity contribution in [1.29, 1.82) is 0 Å². The van der Waals surface area contributed by atoms with Gasteiger partial charge in [-0.05, 0) is 31.0 Å². The SMILES string of the molecule is CS(=O)(=O)c1[nH]nc2nc(Nc3ccc4nc(C(F)(F)F)[nH]c4c3)nc(NC3CC3)c12. The van der Waals surface area contributed by atoms with Crippen molar-refractivity contribution in [2.24, 2.45) is 0 Å². The van der Waals surface area contributed by atoms with Gasteiger partial charge in [0.2, 0.25) is 11.8 Å². The summed E-state index contributed by atoms with van der Waals surface area (Å²) in [5.41, 5.74) is 0.910. The number of hydrogen-bond donors (Lipinski definition) is 4. The van der Waals surface area contributed by atoms with Crippen LogP contribution in [0.4, 0.5) is 30.6 Å². The number of rotatable bonds is 5. The van der Waals surface area contributed by atoms with E-state index in [1.807, 2.05) is 0 Å². The number of nitrogens with zero attached hydrogens (tertiary/aromatic N) is 4. The lowest BCUT2D eigenvalue weighted by Crippen LogP contribution is -2.08. The normalized spacial score (nSPS) is 15.0. The first kappa shape index (κ1) is 19.5. The van der Waals surface area contributed by atoms with Crippen LogP contribution in [0.1, 0.15) is 18.7 Å². The van der Waals surface area contributed by atoms with Crippen LogP contribution >= 0.6 is 0 Å². The highest BCUT2D eigenvalue weighted by atomic mass is 32.2. The first-order chi connectivity index (χ1) is 14.6. The van der Waals surface area contributed by atoms with E-state index in [9.17, 15) is 21.6 Å². The van der Waals surface area contributed by atoms with E-state index in [-0.39, 0.29) is 39.1 Å². The van der Waals surface area contributed by atoms with Gasteiger partial charge in [0.1, 0.15) is 11.2 Å². The number of imidazole rings is 1. The highest BCUT2D eigenvalue weighted by Crippen LogP contribution is 2.33. The Morgan fingerprint density at radius 3 is 2.61 bits per heavy atom. The number of benzene rings is 1. The number of halogens is 3. The molecule has 10 nitrogen and oxygen atoms in total. The highest BCUT2D eigenvalue weighted by Gasteiger charge is 2.34. The molecule has 0 spiro atoms. The van der Waals surface area contributed by atoms with Crippen LogP contribution < -0.4 is 10.6 Å². The molecule has 4 N–H and O–H groups in total. The zero-order valence-electron chi connectivity index (χ0n) is 15.9. The third-order valence-electron chi connectivity index (χ3n) is 4.68. The number of hydrogen-bond acceptors (Lipinski definition) is 8. The van der Waals surface area contributed by atoms with Crippen molar-refractivity contribution in [3.05, 3.63) is 24.0 Å². The molecule has 14 heteroatoms. The highest BCUT2D eigenvalue weighted by molar-refractivity contribution is 7.90. The van der Waals surface area contributed by atoms with Crippen LogP contribution in [0, 0.1) is 0 Å². The fraction of sp³-hybridized carbons (Fsp3) is 0.294. The van der Waals surface area contributed by atoms with Crippen LogP contribution in [-0.4, -0.2) is 50.8 Å². The number of sulfone groups is 1. The molecule has 31 heavy (non-hydrogen) atoms. The summed E-state index contributed by atoms with van der Waals surface area (Å²) in [6.45, 7) is 0. The molecular weight excluding hydrogens is 437 g/mol. The van der Waals surface area contributed by atoms with E-state index in [1.165, 1.54) is 18.2 Å². The van der Waals surface area contributed by atoms with Crippen molar-refractivity contribution >= 4 is 49.4 Å². The number of alkyl halides is 3. The van der Waals surface area contributed by atoms with Crippen LogP contribution in [0.15, 0.2) is 23.2 Å². The minimum atomic E-state index is -4.58. The molecule has 3 aromatic heterocycles. The Hall–Kier alpha value is -3.42. The molecule has 0 unspecified atom stereocenters. The zero-order chi connectivity index (χ0) is 22.0. The van der Waals surface area contributed by atoms with Gasteiger partial charge < -0.3 is 15.6 Å². The van der Waals surface area contributed by atoms with Gasteiger partial charge in [0.05, 0.1) is 11.0 Å². The number of aromatic amines is 2. The Kier molecular flexibility index (Phi) is 4.12. The van der Waals surface area contributed by atoms with E-state index in [0.717, 1.165) is 19.1 Å². The van der Waals surface area contributed by atoms with Gasteiger partial charge in [-0.25, -0.2) is 13.4 Å². The first-order valence-electron chi connectivity index (χ1n) is 9.14. The lowest BCUT2D eigenvalue weighted by atomic mass is 10.3. The van der Waals surface area contributed by atoms with E-state index in [1.54, 1.807) is 0 Å². The first-order valence-corrected chi connectivity index (χ1v) is 11.0. The van der Waals surface area contributed by atoms with E-state index < -0.39 is 21.8 Å². The minimum absolute atomic E-state index is 0.0873. The molecule has 0 radical (unpaired) electrons. The Bertz CT molecular complexity index is 1420. The quantitative estimate of drug-likeness (QED) is 0.362. The maximum Gasteiger partial charge on any atom is 0.449 e. The minimum Gasteiger partial charge on any atom is -0.367 e. The standard InChI is InChI=1S/C17H15F3N8O2S/c1-31(29,30)14-11-12(21-7-2-3-7)25-16(26-13(11)27-28-14)22-8-4-5-9-10(6-8)24-15(23-9)17(18,19)20/h4-7H,2-3H2,1H3,(H,23,24)(H3,21,22,25,26,27,28). The maximum atomic E-state index is 12.9. The Morgan fingerprint density at radius 1 is 1.16 bits per heavy atom. The van der Waals surface area contributed by atoms with Gasteiger partial charge >= 0.3 is 6.18 Å². The van der Waals surface area contributed by atoms with E-state index in [2.05, 4.69) is 40.8 Å². The monoisotopic (exact) mass is 452 g/mol. The molecule has 1 aliphatic carbocycles. The van der Waals surface area contributed by atoms with Crippen LogP contribution in [-0.2, 0) is 16.0 Å². The van der Waals surface area contributed by atoms with Crippen molar-refractivity contribution in [2.45, 2.75) is 30.1 Å². The lowest BCUT2D eigenvalue weighted by Gasteiger charge is -2.10. The Balaban J connectivity index is 1.54. The smallest absolute Gasteiger partial charge is 0.367 e. The van der Waals surface area contributed by atoms with Gasteiger partial charge in [-0.3, -0.25) is 5.10 Å². The molecule has 4 aromatic rings. The van der Waals surface area contributed by atoms with Crippen molar-refractivity contribution in [3.8, 4) is 0 Å². The molecule has 5 rings (SSSR count). The molecule has 1 aliphatic rings. The van der Waals surface area contributed by atoms with Gasteiger partial charge in [0, 0.05) is 18.0 Å². The van der Waals surface area contributed by atoms with E-state index >= 15 is 0 Å². The van der Waals surface area contributed by atoms with Gasteiger partial charge in [-0.15, -0.1) is 0 Å². The zero-order valence-corrected chi connectivity index (χ0v) is 16.7. The number of fused-ring (bicyclic) bond motifs is 2. The third-order valence-corrected chi connectivity index (χ3v) is 5.71. The van der Waals surface area contributed by atoms with E-state index in [0.29, 0.717) is 11.5 Å². The van der Waals surface area contributed by atoms with Crippen LogP contribution in [0.5, 0.6) is 0 Å². The summed E-state index contributed by atoms with van der Waals surface area (Å²) < 4.78 is 62.8. The second-order valence-electron chi connectivity index (χ2n) is 7.28. The lowest BCUT2D eigenvalue weighted by molar-refractivity contribution is -0.144. The molecule has 162 valence electrons.